The Hall–Kier alpha value is -1.67. The van der Waals surface area contributed by atoms with E-state index in [1.54, 1.807) is 13.2 Å². The van der Waals surface area contributed by atoms with Crippen molar-refractivity contribution in [3.63, 3.8) is 0 Å². The van der Waals surface area contributed by atoms with Crippen molar-refractivity contribution in [3.8, 4) is 11.9 Å². The average Bonchev–Trinajstić information content (AvgIpc) is 2.19. The van der Waals surface area contributed by atoms with Crippen molar-refractivity contribution < 1.29 is 9.47 Å². The van der Waals surface area contributed by atoms with Crippen molar-refractivity contribution in [2.45, 2.75) is 0 Å². The minimum Gasteiger partial charge on any atom is -0.473 e. The molecule has 1 rings (SSSR count). The summed E-state index contributed by atoms with van der Waals surface area (Å²) in [5, 5.41) is 15.9. The van der Waals surface area contributed by atoms with Crippen LogP contribution < -0.4 is 4.74 Å². The zero-order chi connectivity index (χ0) is 9.52. The molecule has 0 saturated carbocycles. The molecule has 0 aliphatic rings. The number of aromatic nitrogens is 2. The Labute approximate surface area is 75.9 Å². The van der Waals surface area contributed by atoms with E-state index >= 15 is 0 Å². The third-order valence-corrected chi connectivity index (χ3v) is 1.33. The summed E-state index contributed by atoms with van der Waals surface area (Å²) in [6, 6.07) is 3.50. The highest BCUT2D eigenvalue weighted by molar-refractivity contribution is 5.35. The second-order valence-electron chi connectivity index (χ2n) is 2.20. The molecule has 0 atom stereocenters. The highest BCUT2D eigenvalue weighted by Gasteiger charge is 2.03. The number of rotatable bonds is 4. The van der Waals surface area contributed by atoms with Gasteiger partial charge in [-0.3, -0.25) is 0 Å². The van der Waals surface area contributed by atoms with Gasteiger partial charge in [0.15, 0.2) is 0 Å². The Morgan fingerprint density at radius 2 is 2.38 bits per heavy atom. The zero-order valence-electron chi connectivity index (χ0n) is 7.23. The summed E-state index contributed by atoms with van der Waals surface area (Å²) in [5.41, 5.74) is 0.381. The summed E-state index contributed by atoms with van der Waals surface area (Å²) >= 11 is 0. The summed E-state index contributed by atoms with van der Waals surface area (Å²) < 4.78 is 9.93. The fraction of sp³-hybridized carbons (Fsp3) is 0.375. The van der Waals surface area contributed by atoms with Crippen LogP contribution in [0.2, 0.25) is 0 Å². The Kier molecular flexibility index (Phi) is 3.67. The van der Waals surface area contributed by atoms with Crippen LogP contribution in [0.25, 0.3) is 0 Å². The first-order valence-corrected chi connectivity index (χ1v) is 3.72. The van der Waals surface area contributed by atoms with Crippen LogP contribution in [-0.4, -0.2) is 30.5 Å². The van der Waals surface area contributed by atoms with Gasteiger partial charge in [0.1, 0.15) is 18.2 Å². The summed E-state index contributed by atoms with van der Waals surface area (Å²) in [5.74, 6) is 0.252. The van der Waals surface area contributed by atoms with Gasteiger partial charge in [-0.05, 0) is 6.07 Å². The number of nitrogens with zero attached hydrogens (tertiary/aromatic N) is 3. The summed E-state index contributed by atoms with van der Waals surface area (Å²) in [7, 11) is 1.57. The van der Waals surface area contributed by atoms with Crippen LogP contribution in [0.15, 0.2) is 12.3 Å². The molecule has 0 bridgehead atoms. The van der Waals surface area contributed by atoms with Gasteiger partial charge in [-0.15, -0.1) is 5.10 Å². The molecule has 1 heterocycles. The quantitative estimate of drug-likeness (QED) is 0.625. The van der Waals surface area contributed by atoms with Gasteiger partial charge in [0.05, 0.1) is 12.8 Å². The van der Waals surface area contributed by atoms with Gasteiger partial charge in [-0.1, -0.05) is 0 Å². The zero-order valence-corrected chi connectivity index (χ0v) is 7.23. The molecular weight excluding hydrogens is 170 g/mol. The van der Waals surface area contributed by atoms with E-state index in [0.717, 1.165) is 0 Å². The van der Waals surface area contributed by atoms with Crippen LogP contribution in [-0.2, 0) is 4.74 Å². The lowest BCUT2D eigenvalue weighted by atomic mass is 10.3. The second kappa shape index (κ2) is 5.06. The lowest BCUT2D eigenvalue weighted by Crippen LogP contribution is -2.07. The fourth-order valence-corrected chi connectivity index (χ4v) is 0.732. The Morgan fingerprint density at radius 1 is 1.54 bits per heavy atom. The molecule has 0 radical (unpaired) electrons. The van der Waals surface area contributed by atoms with E-state index in [2.05, 4.69) is 10.2 Å². The largest absolute Gasteiger partial charge is 0.473 e. The first kappa shape index (κ1) is 9.42. The fourth-order valence-electron chi connectivity index (χ4n) is 0.732. The van der Waals surface area contributed by atoms with Crippen molar-refractivity contribution in [2.24, 2.45) is 0 Å². The predicted octanol–water partition coefficient (Wildman–Crippen LogP) is 0.373. The van der Waals surface area contributed by atoms with E-state index < -0.39 is 0 Å². The van der Waals surface area contributed by atoms with E-state index in [1.165, 1.54) is 6.20 Å². The maximum atomic E-state index is 8.65. The molecule has 0 aromatic carbocycles. The summed E-state index contributed by atoms with van der Waals surface area (Å²) in [6.07, 6.45) is 1.45. The summed E-state index contributed by atoms with van der Waals surface area (Å²) in [4.78, 5) is 0. The monoisotopic (exact) mass is 179 g/mol. The molecular formula is C8H9N3O2. The predicted molar refractivity (Wildman–Crippen MR) is 44.1 cm³/mol. The number of nitriles is 1. The van der Waals surface area contributed by atoms with E-state index in [0.29, 0.717) is 18.8 Å². The van der Waals surface area contributed by atoms with E-state index in [-0.39, 0.29) is 5.88 Å². The molecule has 13 heavy (non-hydrogen) atoms. The Morgan fingerprint density at radius 3 is 3.08 bits per heavy atom. The minimum atomic E-state index is 0.252. The Balaban J connectivity index is 2.60. The van der Waals surface area contributed by atoms with Crippen molar-refractivity contribution >= 4 is 0 Å². The van der Waals surface area contributed by atoms with Gasteiger partial charge >= 0.3 is 0 Å². The standard InChI is InChI=1S/C8H9N3O2/c1-12-4-5-13-8-7(6-9)2-3-10-11-8/h2-3H,4-5H2,1H3. The highest BCUT2D eigenvalue weighted by Crippen LogP contribution is 2.10. The molecule has 0 aliphatic carbocycles. The molecule has 68 valence electrons. The van der Waals surface area contributed by atoms with Gasteiger partial charge in [-0.25, -0.2) is 0 Å². The van der Waals surface area contributed by atoms with Gasteiger partial charge in [0.25, 0.3) is 5.88 Å². The highest BCUT2D eigenvalue weighted by atomic mass is 16.5. The normalized spacial score (nSPS) is 9.23. The van der Waals surface area contributed by atoms with Crippen LogP contribution in [0.1, 0.15) is 5.56 Å². The third kappa shape index (κ3) is 2.69. The molecule has 0 saturated heterocycles. The molecule has 0 fully saturated rings. The molecule has 1 aromatic rings. The van der Waals surface area contributed by atoms with Crippen LogP contribution in [0.5, 0.6) is 5.88 Å². The number of ether oxygens (including phenoxy) is 2. The van der Waals surface area contributed by atoms with Crippen LogP contribution in [0, 0.1) is 11.3 Å². The van der Waals surface area contributed by atoms with E-state index in [1.807, 2.05) is 6.07 Å². The van der Waals surface area contributed by atoms with Crippen LogP contribution in [0.4, 0.5) is 0 Å². The number of methoxy groups -OCH3 is 1. The molecule has 0 N–H and O–H groups in total. The van der Waals surface area contributed by atoms with Gasteiger partial charge in [-0.2, -0.15) is 10.4 Å². The Bertz CT molecular complexity index is 309. The van der Waals surface area contributed by atoms with Crippen molar-refractivity contribution in [1.29, 1.82) is 5.26 Å². The topological polar surface area (TPSA) is 68.0 Å². The van der Waals surface area contributed by atoms with E-state index in [9.17, 15) is 0 Å². The lowest BCUT2D eigenvalue weighted by molar-refractivity contribution is 0.143. The molecule has 0 aliphatic heterocycles. The molecule has 1 aromatic heterocycles. The molecule has 0 spiro atoms. The third-order valence-electron chi connectivity index (χ3n) is 1.33. The maximum Gasteiger partial charge on any atom is 0.251 e. The first-order valence-electron chi connectivity index (χ1n) is 3.72. The SMILES string of the molecule is COCCOc1nnccc1C#N. The molecule has 5 nitrogen and oxygen atoms in total. The first-order chi connectivity index (χ1) is 6.38. The summed E-state index contributed by atoms with van der Waals surface area (Å²) in [6.45, 7) is 0.825. The van der Waals surface area contributed by atoms with Gasteiger partial charge < -0.3 is 9.47 Å². The van der Waals surface area contributed by atoms with Crippen molar-refractivity contribution in [3.05, 3.63) is 17.8 Å². The lowest BCUT2D eigenvalue weighted by Gasteiger charge is -2.03. The van der Waals surface area contributed by atoms with Gasteiger partial charge in [0, 0.05) is 7.11 Å². The number of hydrogen-bond donors (Lipinski definition) is 0. The van der Waals surface area contributed by atoms with Gasteiger partial charge in [0.2, 0.25) is 0 Å². The minimum absolute atomic E-state index is 0.252. The number of hydrogen-bond acceptors (Lipinski definition) is 5. The molecule has 5 heteroatoms. The van der Waals surface area contributed by atoms with E-state index in [4.69, 9.17) is 14.7 Å². The van der Waals surface area contributed by atoms with Crippen LogP contribution in [0.3, 0.4) is 0 Å². The van der Waals surface area contributed by atoms with Crippen molar-refractivity contribution in [2.75, 3.05) is 20.3 Å². The smallest absolute Gasteiger partial charge is 0.251 e. The maximum absolute atomic E-state index is 8.65. The van der Waals surface area contributed by atoms with Crippen LogP contribution >= 0.6 is 0 Å². The second-order valence-corrected chi connectivity index (χ2v) is 2.20. The molecule has 0 unspecified atom stereocenters. The molecule has 0 amide bonds. The van der Waals surface area contributed by atoms with Crippen molar-refractivity contribution in [1.82, 2.24) is 10.2 Å². The average molecular weight is 179 g/mol.